The van der Waals surface area contributed by atoms with Gasteiger partial charge in [-0.1, -0.05) is 42.1 Å². The van der Waals surface area contributed by atoms with E-state index >= 15 is 0 Å². The standard InChI is InChI=1S/C16H16N2O3S/c19-16-7-6-15(18(20)21)10-14(16)11-17-8-9-22-12-13-4-2-1-3-5-13/h1-7,10-11,19H,8-9,12H2/p-1. The molecule has 0 atom stereocenters. The summed E-state index contributed by atoms with van der Waals surface area (Å²) in [6.07, 6.45) is 1.42. The van der Waals surface area contributed by atoms with Crippen molar-refractivity contribution in [2.45, 2.75) is 5.75 Å². The number of nitro benzene ring substituents is 1. The largest absolute Gasteiger partial charge is 0.872 e. The van der Waals surface area contributed by atoms with Gasteiger partial charge in [-0.25, -0.2) is 0 Å². The first kappa shape index (κ1) is 16.0. The van der Waals surface area contributed by atoms with Crippen molar-refractivity contribution in [3.8, 4) is 5.75 Å². The molecule has 2 rings (SSSR count). The number of nitro groups is 1. The molecule has 114 valence electrons. The van der Waals surface area contributed by atoms with Gasteiger partial charge >= 0.3 is 0 Å². The van der Waals surface area contributed by atoms with Crippen molar-refractivity contribution in [1.29, 1.82) is 0 Å². The predicted molar refractivity (Wildman–Crippen MR) is 87.6 cm³/mol. The van der Waals surface area contributed by atoms with Crippen LogP contribution in [0.15, 0.2) is 53.5 Å². The van der Waals surface area contributed by atoms with Gasteiger partial charge in [-0.15, -0.1) is 0 Å². The van der Waals surface area contributed by atoms with Gasteiger partial charge in [0.05, 0.1) is 4.92 Å². The molecule has 0 radical (unpaired) electrons. The van der Waals surface area contributed by atoms with Crippen molar-refractivity contribution >= 4 is 23.7 Å². The van der Waals surface area contributed by atoms with Gasteiger partial charge < -0.3 is 5.11 Å². The molecular weight excluding hydrogens is 300 g/mol. The number of rotatable bonds is 7. The zero-order chi connectivity index (χ0) is 15.8. The second kappa shape index (κ2) is 8.19. The van der Waals surface area contributed by atoms with E-state index in [4.69, 9.17) is 0 Å². The SMILES string of the molecule is O=[N+]([O-])c1ccc([O-])c(C=NCCSCc2ccccc2)c1. The van der Waals surface area contributed by atoms with Crippen LogP contribution in [-0.4, -0.2) is 23.4 Å². The smallest absolute Gasteiger partial charge is 0.270 e. The van der Waals surface area contributed by atoms with Gasteiger partial charge in [-0.3, -0.25) is 15.1 Å². The maximum atomic E-state index is 11.6. The Morgan fingerprint density at radius 2 is 1.95 bits per heavy atom. The summed E-state index contributed by atoms with van der Waals surface area (Å²) >= 11 is 1.75. The number of nitrogens with zero attached hydrogens (tertiary/aromatic N) is 2. The molecule has 0 aromatic heterocycles. The zero-order valence-electron chi connectivity index (χ0n) is 11.8. The van der Waals surface area contributed by atoms with E-state index < -0.39 is 4.92 Å². The maximum Gasteiger partial charge on any atom is 0.270 e. The first-order valence-corrected chi connectivity index (χ1v) is 7.89. The van der Waals surface area contributed by atoms with Crippen LogP contribution in [0, 0.1) is 10.1 Å². The Bertz CT molecular complexity index is 660. The third-order valence-corrected chi connectivity index (χ3v) is 3.92. The minimum Gasteiger partial charge on any atom is -0.872 e. The molecular formula is C16H15N2O3S-. The summed E-state index contributed by atoms with van der Waals surface area (Å²) in [7, 11) is 0. The third-order valence-electron chi connectivity index (χ3n) is 2.91. The highest BCUT2D eigenvalue weighted by Gasteiger charge is 2.05. The van der Waals surface area contributed by atoms with Crippen LogP contribution < -0.4 is 5.11 Å². The highest BCUT2D eigenvalue weighted by molar-refractivity contribution is 7.98. The van der Waals surface area contributed by atoms with Crippen molar-refractivity contribution in [3.63, 3.8) is 0 Å². The molecule has 0 aliphatic heterocycles. The van der Waals surface area contributed by atoms with E-state index in [2.05, 4.69) is 17.1 Å². The van der Waals surface area contributed by atoms with Crippen LogP contribution in [-0.2, 0) is 5.75 Å². The average Bonchev–Trinajstić information content (AvgIpc) is 2.53. The number of thioether (sulfide) groups is 1. The molecule has 0 fully saturated rings. The summed E-state index contributed by atoms with van der Waals surface area (Å²) in [5.41, 5.74) is 1.42. The lowest BCUT2D eigenvalue weighted by Crippen LogP contribution is -1.99. The minimum absolute atomic E-state index is 0.0977. The Morgan fingerprint density at radius 1 is 1.18 bits per heavy atom. The lowest BCUT2D eigenvalue weighted by Gasteiger charge is -2.08. The van der Waals surface area contributed by atoms with Crippen molar-refractivity contribution in [1.82, 2.24) is 0 Å². The van der Waals surface area contributed by atoms with Crippen LogP contribution in [0.5, 0.6) is 5.75 Å². The Balaban J connectivity index is 1.80. The van der Waals surface area contributed by atoms with Crippen molar-refractivity contribution in [2.24, 2.45) is 4.99 Å². The Labute approximate surface area is 132 Å². The van der Waals surface area contributed by atoms with E-state index in [1.807, 2.05) is 18.2 Å². The second-order valence-corrected chi connectivity index (χ2v) is 5.66. The molecule has 6 heteroatoms. The topological polar surface area (TPSA) is 78.6 Å². The molecule has 0 saturated carbocycles. The molecule has 22 heavy (non-hydrogen) atoms. The summed E-state index contributed by atoms with van der Waals surface area (Å²) in [6, 6.07) is 13.8. The quantitative estimate of drug-likeness (QED) is 0.340. The molecule has 0 bridgehead atoms. The van der Waals surface area contributed by atoms with Gasteiger partial charge in [0.15, 0.2) is 0 Å². The monoisotopic (exact) mass is 315 g/mol. The fraction of sp³-hybridized carbons (Fsp3) is 0.188. The van der Waals surface area contributed by atoms with Gasteiger partial charge in [-0.05, 0) is 11.1 Å². The third kappa shape index (κ3) is 4.89. The summed E-state index contributed by atoms with van der Waals surface area (Å²) in [4.78, 5) is 14.3. The van der Waals surface area contributed by atoms with Crippen LogP contribution in [0.25, 0.3) is 0 Å². The summed E-state index contributed by atoms with van der Waals surface area (Å²) < 4.78 is 0. The average molecular weight is 315 g/mol. The van der Waals surface area contributed by atoms with E-state index in [1.165, 1.54) is 30.0 Å². The van der Waals surface area contributed by atoms with E-state index in [9.17, 15) is 15.2 Å². The molecule has 0 aliphatic rings. The molecule has 0 unspecified atom stereocenters. The van der Waals surface area contributed by atoms with Gasteiger partial charge in [0.25, 0.3) is 5.69 Å². The molecule has 5 nitrogen and oxygen atoms in total. The van der Waals surface area contributed by atoms with Crippen LogP contribution in [0.2, 0.25) is 0 Å². The molecule has 0 heterocycles. The molecule has 0 saturated heterocycles. The van der Waals surface area contributed by atoms with Crippen molar-refractivity contribution in [2.75, 3.05) is 12.3 Å². The number of benzene rings is 2. The number of non-ortho nitro benzene ring substituents is 1. The molecule has 2 aromatic carbocycles. The lowest BCUT2D eigenvalue weighted by atomic mass is 10.2. The highest BCUT2D eigenvalue weighted by atomic mass is 32.2. The van der Waals surface area contributed by atoms with Crippen LogP contribution >= 0.6 is 11.8 Å². The maximum absolute atomic E-state index is 11.6. The number of aliphatic imine (C=N–C) groups is 1. The van der Waals surface area contributed by atoms with Gasteiger partial charge in [0, 0.05) is 36.4 Å². The fourth-order valence-electron chi connectivity index (χ4n) is 1.79. The predicted octanol–water partition coefficient (Wildman–Crippen LogP) is 3.02. The Hall–Kier alpha value is -2.34. The Kier molecular flexibility index (Phi) is 5.97. The molecule has 2 aromatic rings. The first-order chi connectivity index (χ1) is 10.7. The van der Waals surface area contributed by atoms with E-state index in [-0.39, 0.29) is 17.0 Å². The Morgan fingerprint density at radius 3 is 2.68 bits per heavy atom. The van der Waals surface area contributed by atoms with E-state index in [0.717, 1.165) is 11.5 Å². The van der Waals surface area contributed by atoms with Gasteiger partial charge in [-0.2, -0.15) is 11.8 Å². The molecule has 0 spiro atoms. The summed E-state index contributed by atoms with van der Waals surface area (Å²) in [6.45, 7) is 0.569. The van der Waals surface area contributed by atoms with Crippen LogP contribution in [0.1, 0.15) is 11.1 Å². The van der Waals surface area contributed by atoms with Gasteiger partial charge in [0.1, 0.15) is 0 Å². The van der Waals surface area contributed by atoms with Gasteiger partial charge in [0.2, 0.25) is 0 Å². The molecule has 0 amide bonds. The lowest BCUT2D eigenvalue weighted by molar-refractivity contribution is -0.385. The van der Waals surface area contributed by atoms with Crippen LogP contribution in [0.4, 0.5) is 5.69 Å². The molecule has 0 aliphatic carbocycles. The zero-order valence-corrected chi connectivity index (χ0v) is 12.7. The number of hydrogen-bond donors (Lipinski definition) is 0. The molecule has 0 N–H and O–H groups in total. The first-order valence-electron chi connectivity index (χ1n) is 6.74. The number of hydrogen-bond acceptors (Lipinski definition) is 5. The van der Waals surface area contributed by atoms with E-state index in [0.29, 0.717) is 6.54 Å². The summed E-state index contributed by atoms with van der Waals surface area (Å²) in [5, 5.41) is 22.2. The second-order valence-electron chi connectivity index (χ2n) is 4.55. The highest BCUT2D eigenvalue weighted by Crippen LogP contribution is 2.19. The normalized spacial score (nSPS) is 10.9. The minimum atomic E-state index is -0.521. The van der Waals surface area contributed by atoms with E-state index in [1.54, 1.807) is 11.8 Å². The van der Waals surface area contributed by atoms with Crippen LogP contribution in [0.3, 0.4) is 0 Å². The van der Waals surface area contributed by atoms with Crippen molar-refractivity contribution in [3.05, 3.63) is 69.8 Å². The fourth-order valence-corrected chi connectivity index (χ4v) is 2.60. The summed E-state index contributed by atoms with van der Waals surface area (Å²) in [5.74, 6) is 1.49. The van der Waals surface area contributed by atoms with Crippen molar-refractivity contribution < 1.29 is 10.0 Å².